The smallest absolute Gasteiger partial charge is 0.227 e. The van der Waals surface area contributed by atoms with Crippen molar-refractivity contribution in [3.63, 3.8) is 0 Å². The second-order valence-electron chi connectivity index (χ2n) is 8.79. The first-order valence-electron chi connectivity index (χ1n) is 10.7. The van der Waals surface area contributed by atoms with Crippen molar-refractivity contribution in [1.29, 1.82) is 0 Å². The minimum atomic E-state index is -0.174. The Bertz CT molecular complexity index is 806. The molecule has 29 heavy (non-hydrogen) atoms. The molecule has 2 N–H and O–H groups in total. The van der Waals surface area contributed by atoms with E-state index in [0.29, 0.717) is 41.5 Å². The number of nitrogens with zero attached hydrogens (tertiary/aromatic N) is 2. The zero-order valence-corrected chi connectivity index (χ0v) is 17.5. The van der Waals surface area contributed by atoms with Crippen LogP contribution in [0.15, 0.2) is 12.1 Å². The summed E-state index contributed by atoms with van der Waals surface area (Å²) in [5, 5.41) is 0. The van der Waals surface area contributed by atoms with Crippen LogP contribution in [-0.4, -0.2) is 43.4 Å². The molecule has 1 aromatic rings. The third-order valence-corrected chi connectivity index (χ3v) is 7.34. The van der Waals surface area contributed by atoms with E-state index in [1.54, 1.807) is 18.9 Å². The normalized spacial score (nSPS) is 26.6. The lowest BCUT2D eigenvalue weighted by atomic mass is 9.74. The number of rotatable bonds is 3. The van der Waals surface area contributed by atoms with Crippen molar-refractivity contribution in [2.75, 3.05) is 31.6 Å². The molecule has 3 atom stereocenters. The zero-order chi connectivity index (χ0) is 20.7. The van der Waals surface area contributed by atoms with Gasteiger partial charge in [-0.1, -0.05) is 13.0 Å². The summed E-state index contributed by atoms with van der Waals surface area (Å²) in [5.41, 5.74) is 8.58. The molecule has 7 heteroatoms. The van der Waals surface area contributed by atoms with Crippen LogP contribution < -0.4 is 15.8 Å². The van der Waals surface area contributed by atoms with Crippen LogP contribution >= 0.6 is 0 Å². The predicted octanol–water partition coefficient (Wildman–Crippen LogP) is 2.39. The van der Waals surface area contributed by atoms with E-state index in [1.165, 1.54) is 0 Å². The second kappa shape index (κ2) is 8.03. The molecule has 1 aromatic carbocycles. The van der Waals surface area contributed by atoms with Gasteiger partial charge in [0.1, 0.15) is 5.82 Å². The van der Waals surface area contributed by atoms with Crippen LogP contribution in [0, 0.1) is 23.6 Å². The number of carbonyl (C=O) groups is 2. The van der Waals surface area contributed by atoms with E-state index < -0.39 is 0 Å². The summed E-state index contributed by atoms with van der Waals surface area (Å²) in [6.07, 6.45) is 2.82. The quantitative estimate of drug-likeness (QED) is 0.815. The molecule has 0 bridgehead atoms. The molecule has 0 radical (unpaired) electrons. The van der Waals surface area contributed by atoms with Crippen molar-refractivity contribution in [3.05, 3.63) is 29.1 Å². The number of fused-ring (bicyclic) bond motifs is 1. The van der Waals surface area contributed by atoms with Crippen LogP contribution in [0.3, 0.4) is 0 Å². The summed E-state index contributed by atoms with van der Waals surface area (Å²) in [7, 11) is 1.72. The lowest BCUT2D eigenvalue weighted by molar-refractivity contribution is -0.130. The lowest BCUT2D eigenvalue weighted by Crippen LogP contribution is -2.40. The number of likely N-dealkylation sites (tertiary alicyclic amines) is 1. The molecule has 158 valence electrons. The minimum Gasteiger partial charge on any atom is -0.343 e. The molecule has 0 aromatic heterocycles. The molecule has 2 amide bonds. The van der Waals surface area contributed by atoms with E-state index in [-0.39, 0.29) is 29.6 Å². The van der Waals surface area contributed by atoms with Gasteiger partial charge in [0.15, 0.2) is 0 Å². The summed E-state index contributed by atoms with van der Waals surface area (Å²) in [5.74, 6) is 1.23. The Morgan fingerprint density at radius 3 is 2.66 bits per heavy atom. The second-order valence-corrected chi connectivity index (χ2v) is 8.79. The standard InChI is InChI=1S/C22H31FN4O2/c1-13(15-8-10-27(11-9-15)14(2)28)18-12-24-25-22(18)17-4-6-19-16(21(17)23)5-7-20(29)26(19)3/h4,6,13,15,18,22,24-25H,5,7-12H2,1-3H3/t13-,18?,22?/m1/s1. The molecule has 3 aliphatic rings. The van der Waals surface area contributed by atoms with Crippen molar-refractivity contribution in [1.82, 2.24) is 15.8 Å². The maximum absolute atomic E-state index is 15.5. The van der Waals surface area contributed by atoms with Gasteiger partial charge >= 0.3 is 0 Å². The largest absolute Gasteiger partial charge is 0.343 e. The van der Waals surface area contributed by atoms with Gasteiger partial charge in [-0.3, -0.25) is 15.0 Å². The Kier molecular flexibility index (Phi) is 5.62. The van der Waals surface area contributed by atoms with Crippen molar-refractivity contribution in [2.24, 2.45) is 17.8 Å². The summed E-state index contributed by atoms with van der Waals surface area (Å²) in [6.45, 7) is 6.33. The number of hydrogen-bond acceptors (Lipinski definition) is 4. The van der Waals surface area contributed by atoms with E-state index in [1.807, 2.05) is 17.0 Å². The van der Waals surface area contributed by atoms with Crippen molar-refractivity contribution >= 4 is 17.5 Å². The number of amides is 2. The van der Waals surface area contributed by atoms with Crippen LogP contribution in [0.2, 0.25) is 0 Å². The molecular formula is C22H31FN4O2. The highest BCUT2D eigenvalue weighted by atomic mass is 19.1. The van der Waals surface area contributed by atoms with Gasteiger partial charge in [0.05, 0.1) is 6.04 Å². The fraction of sp³-hybridized carbons (Fsp3) is 0.636. The van der Waals surface area contributed by atoms with Crippen LogP contribution in [-0.2, 0) is 16.0 Å². The Morgan fingerprint density at radius 2 is 1.97 bits per heavy atom. The van der Waals surface area contributed by atoms with Gasteiger partial charge in [0.25, 0.3) is 0 Å². The Hall–Kier alpha value is -1.99. The van der Waals surface area contributed by atoms with Gasteiger partial charge in [-0.05, 0) is 43.1 Å². The first-order chi connectivity index (χ1) is 13.9. The van der Waals surface area contributed by atoms with Gasteiger partial charge < -0.3 is 9.80 Å². The Balaban J connectivity index is 1.53. The fourth-order valence-electron chi connectivity index (χ4n) is 5.35. The van der Waals surface area contributed by atoms with E-state index >= 15 is 4.39 Å². The molecule has 0 spiro atoms. The number of hydrazine groups is 1. The molecule has 4 rings (SSSR count). The van der Waals surface area contributed by atoms with Gasteiger partial charge in [0, 0.05) is 56.8 Å². The van der Waals surface area contributed by atoms with E-state index in [0.717, 1.165) is 32.5 Å². The number of benzene rings is 1. The van der Waals surface area contributed by atoms with Crippen molar-refractivity contribution in [3.8, 4) is 0 Å². The molecule has 2 unspecified atom stereocenters. The Labute approximate surface area is 171 Å². The molecule has 2 saturated heterocycles. The van der Waals surface area contributed by atoms with Gasteiger partial charge in [0.2, 0.25) is 11.8 Å². The number of nitrogens with one attached hydrogen (secondary N) is 2. The average Bonchev–Trinajstić information content (AvgIpc) is 3.20. The molecule has 6 nitrogen and oxygen atoms in total. The molecule has 3 heterocycles. The van der Waals surface area contributed by atoms with E-state index in [4.69, 9.17) is 0 Å². The van der Waals surface area contributed by atoms with Crippen LogP contribution in [0.4, 0.5) is 10.1 Å². The van der Waals surface area contributed by atoms with Crippen molar-refractivity contribution < 1.29 is 14.0 Å². The maximum Gasteiger partial charge on any atom is 0.227 e. The molecule has 2 fully saturated rings. The highest BCUT2D eigenvalue weighted by Crippen LogP contribution is 2.41. The molecule has 0 aliphatic carbocycles. The number of halogens is 1. The predicted molar refractivity (Wildman–Crippen MR) is 110 cm³/mol. The maximum atomic E-state index is 15.5. The van der Waals surface area contributed by atoms with Gasteiger partial charge in [-0.2, -0.15) is 0 Å². The van der Waals surface area contributed by atoms with Crippen molar-refractivity contribution in [2.45, 2.75) is 45.6 Å². The molecule has 0 saturated carbocycles. The summed E-state index contributed by atoms with van der Waals surface area (Å²) >= 11 is 0. The number of carbonyl (C=O) groups excluding carboxylic acids is 2. The third-order valence-electron chi connectivity index (χ3n) is 7.34. The van der Waals surface area contributed by atoms with Gasteiger partial charge in [-0.25, -0.2) is 9.82 Å². The van der Waals surface area contributed by atoms with Gasteiger partial charge in [-0.15, -0.1) is 0 Å². The minimum absolute atomic E-state index is 0.0358. The number of anilines is 1. The molecule has 3 aliphatic heterocycles. The summed E-state index contributed by atoms with van der Waals surface area (Å²) in [4.78, 5) is 27.0. The summed E-state index contributed by atoms with van der Waals surface area (Å²) < 4.78 is 15.5. The monoisotopic (exact) mass is 402 g/mol. The SMILES string of the molecule is CC(=O)N1CCC([C@@H](C)C2CNNC2c2ccc3c(c2F)CCC(=O)N3C)CC1. The van der Waals surface area contributed by atoms with Crippen LogP contribution in [0.25, 0.3) is 0 Å². The highest BCUT2D eigenvalue weighted by molar-refractivity contribution is 5.96. The lowest BCUT2D eigenvalue weighted by Gasteiger charge is -2.38. The fourth-order valence-corrected chi connectivity index (χ4v) is 5.35. The first kappa shape index (κ1) is 20.3. The zero-order valence-electron chi connectivity index (χ0n) is 17.5. The Morgan fingerprint density at radius 1 is 1.24 bits per heavy atom. The summed E-state index contributed by atoms with van der Waals surface area (Å²) in [6, 6.07) is 3.63. The molecular weight excluding hydrogens is 371 g/mol. The first-order valence-corrected chi connectivity index (χ1v) is 10.7. The average molecular weight is 403 g/mol. The van der Waals surface area contributed by atoms with E-state index in [2.05, 4.69) is 17.8 Å². The number of hydrogen-bond donors (Lipinski definition) is 2. The number of piperidine rings is 1. The third kappa shape index (κ3) is 3.66. The topological polar surface area (TPSA) is 64.7 Å². The van der Waals surface area contributed by atoms with E-state index in [9.17, 15) is 9.59 Å². The van der Waals surface area contributed by atoms with Crippen LogP contribution in [0.5, 0.6) is 0 Å². The van der Waals surface area contributed by atoms with Crippen LogP contribution in [0.1, 0.15) is 50.3 Å². The highest BCUT2D eigenvalue weighted by Gasteiger charge is 2.39.